The zero-order chi connectivity index (χ0) is 19.7. The number of nitrogens with zero attached hydrogens (tertiary/aromatic N) is 3. The summed E-state index contributed by atoms with van der Waals surface area (Å²) in [6, 6.07) is 8.33. The SMILES string of the molecule is Cc1ccc2[nH]cnc2c1Br.Cc1ccc2c(ncn2C2CCCCO2)c1Br. The lowest BCUT2D eigenvalue weighted by Gasteiger charge is -2.24. The molecule has 3 heterocycles. The van der Waals surface area contributed by atoms with E-state index in [1.165, 1.54) is 24.0 Å². The van der Waals surface area contributed by atoms with Crippen molar-refractivity contribution in [2.45, 2.75) is 39.3 Å². The minimum atomic E-state index is 0.156. The molecule has 2 aromatic heterocycles. The van der Waals surface area contributed by atoms with Crippen LogP contribution in [-0.2, 0) is 4.74 Å². The van der Waals surface area contributed by atoms with Crippen molar-refractivity contribution in [3.63, 3.8) is 0 Å². The van der Waals surface area contributed by atoms with Gasteiger partial charge in [0.1, 0.15) is 17.3 Å². The summed E-state index contributed by atoms with van der Waals surface area (Å²) in [5, 5.41) is 0. The topological polar surface area (TPSA) is 55.7 Å². The van der Waals surface area contributed by atoms with Crippen LogP contribution in [-0.4, -0.2) is 26.1 Å². The predicted molar refractivity (Wildman–Crippen MR) is 120 cm³/mol. The number of fused-ring (bicyclic) bond motifs is 2. The fourth-order valence-corrected chi connectivity index (χ4v) is 4.30. The summed E-state index contributed by atoms with van der Waals surface area (Å²) in [6.45, 7) is 5.00. The summed E-state index contributed by atoms with van der Waals surface area (Å²) in [6.07, 6.45) is 7.24. The van der Waals surface area contributed by atoms with Crippen LogP contribution >= 0.6 is 31.9 Å². The number of aryl methyl sites for hydroxylation is 2. The maximum absolute atomic E-state index is 5.81. The number of halogens is 2. The van der Waals surface area contributed by atoms with E-state index < -0.39 is 0 Å². The third-order valence-corrected chi connectivity index (χ3v) is 7.07. The number of nitrogens with one attached hydrogen (secondary N) is 1. The first-order chi connectivity index (χ1) is 13.6. The molecule has 1 N–H and O–H groups in total. The first kappa shape index (κ1) is 19.6. The Morgan fingerprint density at radius 3 is 2.50 bits per heavy atom. The Kier molecular flexibility index (Phi) is 5.85. The van der Waals surface area contributed by atoms with Crippen LogP contribution in [0.4, 0.5) is 0 Å². The van der Waals surface area contributed by atoms with Crippen molar-refractivity contribution in [3.05, 3.63) is 57.0 Å². The highest BCUT2D eigenvalue weighted by Crippen LogP contribution is 2.31. The van der Waals surface area contributed by atoms with Crippen molar-refractivity contribution >= 4 is 53.9 Å². The molecule has 146 valence electrons. The molecule has 1 atom stereocenters. The Balaban J connectivity index is 0.000000151. The normalized spacial score (nSPS) is 16.9. The molecule has 1 saturated heterocycles. The van der Waals surface area contributed by atoms with E-state index in [0.717, 1.165) is 44.0 Å². The van der Waals surface area contributed by atoms with Crippen LogP contribution in [0.25, 0.3) is 22.1 Å². The number of hydrogen-bond donors (Lipinski definition) is 1. The molecule has 1 aliphatic rings. The number of H-pyrrole nitrogens is 1. The summed E-state index contributed by atoms with van der Waals surface area (Å²) in [4.78, 5) is 11.7. The number of rotatable bonds is 1. The largest absolute Gasteiger partial charge is 0.358 e. The maximum Gasteiger partial charge on any atom is 0.135 e. The van der Waals surface area contributed by atoms with E-state index in [4.69, 9.17) is 4.74 Å². The van der Waals surface area contributed by atoms with Gasteiger partial charge >= 0.3 is 0 Å². The number of aromatic amines is 1. The van der Waals surface area contributed by atoms with E-state index in [1.807, 2.05) is 12.4 Å². The van der Waals surface area contributed by atoms with Gasteiger partial charge in [-0.1, -0.05) is 12.1 Å². The highest BCUT2D eigenvalue weighted by Gasteiger charge is 2.18. The molecule has 1 unspecified atom stereocenters. The lowest BCUT2D eigenvalue weighted by atomic mass is 10.1. The van der Waals surface area contributed by atoms with Gasteiger partial charge in [-0.05, 0) is 88.2 Å². The van der Waals surface area contributed by atoms with Crippen molar-refractivity contribution in [1.82, 2.24) is 19.5 Å². The van der Waals surface area contributed by atoms with Gasteiger partial charge in [0.25, 0.3) is 0 Å². The summed E-state index contributed by atoms with van der Waals surface area (Å²) in [5.41, 5.74) is 6.68. The zero-order valence-electron chi connectivity index (χ0n) is 15.9. The molecule has 0 radical (unpaired) electrons. The van der Waals surface area contributed by atoms with Crippen molar-refractivity contribution in [1.29, 1.82) is 0 Å². The van der Waals surface area contributed by atoms with Gasteiger partial charge in [0, 0.05) is 15.6 Å². The van der Waals surface area contributed by atoms with Crippen LogP contribution in [0.3, 0.4) is 0 Å². The predicted octanol–water partition coefficient (Wildman–Crippen LogP) is 6.44. The number of ether oxygens (including phenoxy) is 1. The van der Waals surface area contributed by atoms with Crippen molar-refractivity contribution in [2.75, 3.05) is 6.61 Å². The van der Waals surface area contributed by atoms with Gasteiger partial charge in [-0.15, -0.1) is 0 Å². The molecule has 0 aliphatic carbocycles. The van der Waals surface area contributed by atoms with Crippen LogP contribution in [0, 0.1) is 13.8 Å². The third-order valence-electron chi connectivity index (χ3n) is 5.07. The Bertz CT molecular complexity index is 1110. The molecular formula is C21H22Br2N4O. The second-order valence-corrected chi connectivity index (χ2v) is 8.62. The Morgan fingerprint density at radius 2 is 1.75 bits per heavy atom. The number of aromatic nitrogens is 4. The fourth-order valence-electron chi connectivity index (χ4n) is 3.42. The van der Waals surface area contributed by atoms with Crippen LogP contribution in [0.2, 0.25) is 0 Å². The van der Waals surface area contributed by atoms with Gasteiger partial charge in [0.05, 0.1) is 23.7 Å². The van der Waals surface area contributed by atoms with E-state index in [0.29, 0.717) is 0 Å². The summed E-state index contributed by atoms with van der Waals surface area (Å²) < 4.78 is 10.1. The molecule has 5 nitrogen and oxygen atoms in total. The van der Waals surface area contributed by atoms with Crippen molar-refractivity contribution < 1.29 is 4.74 Å². The average Bonchev–Trinajstić information content (AvgIpc) is 3.36. The molecule has 2 aromatic carbocycles. The van der Waals surface area contributed by atoms with E-state index in [1.54, 1.807) is 6.33 Å². The Hall–Kier alpha value is -1.70. The summed E-state index contributed by atoms with van der Waals surface area (Å²) in [5.74, 6) is 0. The van der Waals surface area contributed by atoms with Gasteiger partial charge in [0.2, 0.25) is 0 Å². The molecule has 1 fully saturated rings. The minimum absolute atomic E-state index is 0.156. The van der Waals surface area contributed by atoms with Crippen LogP contribution in [0.15, 0.2) is 45.9 Å². The first-order valence-corrected chi connectivity index (χ1v) is 11.0. The fraction of sp³-hybridized carbons (Fsp3) is 0.333. The van der Waals surface area contributed by atoms with Gasteiger partial charge in [0.15, 0.2) is 0 Å². The highest BCUT2D eigenvalue weighted by molar-refractivity contribution is 9.11. The summed E-state index contributed by atoms with van der Waals surface area (Å²) >= 11 is 7.08. The molecule has 0 spiro atoms. The van der Waals surface area contributed by atoms with Gasteiger partial charge < -0.3 is 14.3 Å². The van der Waals surface area contributed by atoms with E-state index >= 15 is 0 Å². The van der Waals surface area contributed by atoms with Crippen molar-refractivity contribution in [2.24, 2.45) is 0 Å². The molecule has 4 aromatic rings. The Morgan fingerprint density at radius 1 is 1.00 bits per heavy atom. The van der Waals surface area contributed by atoms with E-state index in [2.05, 4.69) is 83.4 Å². The lowest BCUT2D eigenvalue weighted by Crippen LogP contribution is -2.17. The minimum Gasteiger partial charge on any atom is -0.358 e. The van der Waals surface area contributed by atoms with Crippen LogP contribution in [0.1, 0.15) is 36.6 Å². The third kappa shape index (κ3) is 3.75. The number of hydrogen-bond acceptors (Lipinski definition) is 3. The molecule has 1 aliphatic heterocycles. The molecule has 28 heavy (non-hydrogen) atoms. The van der Waals surface area contributed by atoms with Crippen LogP contribution in [0.5, 0.6) is 0 Å². The lowest BCUT2D eigenvalue weighted by molar-refractivity contribution is -0.0295. The molecular weight excluding hydrogens is 484 g/mol. The number of benzene rings is 2. The second-order valence-electron chi connectivity index (χ2n) is 7.03. The number of imidazole rings is 2. The molecule has 7 heteroatoms. The highest BCUT2D eigenvalue weighted by atomic mass is 79.9. The Labute approximate surface area is 180 Å². The smallest absolute Gasteiger partial charge is 0.135 e. The second kappa shape index (κ2) is 8.35. The molecule has 5 rings (SSSR count). The van der Waals surface area contributed by atoms with E-state index in [9.17, 15) is 0 Å². The van der Waals surface area contributed by atoms with Gasteiger partial charge in [-0.25, -0.2) is 9.97 Å². The van der Waals surface area contributed by atoms with Gasteiger partial charge in [-0.3, -0.25) is 0 Å². The molecule has 0 bridgehead atoms. The molecule has 0 saturated carbocycles. The quantitative estimate of drug-likeness (QED) is 0.324. The van der Waals surface area contributed by atoms with Crippen LogP contribution < -0.4 is 0 Å². The molecule has 0 amide bonds. The van der Waals surface area contributed by atoms with Crippen molar-refractivity contribution in [3.8, 4) is 0 Å². The monoisotopic (exact) mass is 504 g/mol. The average molecular weight is 506 g/mol. The summed E-state index contributed by atoms with van der Waals surface area (Å²) in [7, 11) is 0. The maximum atomic E-state index is 5.81. The van der Waals surface area contributed by atoms with E-state index in [-0.39, 0.29) is 6.23 Å². The van der Waals surface area contributed by atoms with Gasteiger partial charge in [-0.2, -0.15) is 0 Å². The zero-order valence-corrected chi connectivity index (χ0v) is 19.0. The standard InChI is InChI=1S/C13H15BrN2O.C8H7BrN2/c1-9-5-6-10-13(12(9)14)15-8-16(10)11-4-2-3-7-17-11;1-5-2-3-6-8(7(5)9)11-4-10-6/h5-6,8,11H,2-4,7H2,1H3;2-4H,1H3,(H,10,11). The first-order valence-electron chi connectivity index (χ1n) is 9.37.